The molecule has 0 unspecified atom stereocenters. The van der Waals surface area contributed by atoms with Gasteiger partial charge in [-0.15, -0.1) is 11.3 Å². The lowest BCUT2D eigenvalue weighted by Crippen LogP contribution is -2.44. The summed E-state index contributed by atoms with van der Waals surface area (Å²) in [5, 5.41) is 18.8. The maximum absolute atomic E-state index is 13.2. The van der Waals surface area contributed by atoms with Gasteiger partial charge < -0.3 is 16.0 Å². The molecule has 0 radical (unpaired) electrons. The Morgan fingerprint density at radius 3 is 2.62 bits per heavy atom. The zero-order valence-corrected chi connectivity index (χ0v) is 22.5. The van der Waals surface area contributed by atoms with Gasteiger partial charge in [0.15, 0.2) is 0 Å². The predicted octanol–water partition coefficient (Wildman–Crippen LogP) is 6.47. The van der Waals surface area contributed by atoms with Crippen LogP contribution >= 0.6 is 22.9 Å². The van der Waals surface area contributed by atoms with E-state index < -0.39 is 6.04 Å². The van der Waals surface area contributed by atoms with Crippen LogP contribution < -0.4 is 16.0 Å². The number of aromatic nitrogens is 1. The van der Waals surface area contributed by atoms with Crippen molar-refractivity contribution in [3.63, 3.8) is 0 Å². The number of amides is 2. The quantitative estimate of drug-likeness (QED) is 0.291. The van der Waals surface area contributed by atoms with Crippen LogP contribution in [0.2, 0.25) is 5.02 Å². The number of anilines is 2. The smallest absolute Gasteiger partial charge is 0.262 e. The first-order chi connectivity index (χ1) is 17.8. The minimum Gasteiger partial charge on any atom is -0.376 e. The second-order valence-corrected chi connectivity index (χ2v) is 11.0. The molecule has 0 aliphatic heterocycles. The van der Waals surface area contributed by atoms with Crippen LogP contribution in [0.4, 0.5) is 11.4 Å². The fourth-order valence-corrected chi connectivity index (χ4v) is 5.63. The highest BCUT2D eigenvalue weighted by atomic mass is 35.5. The number of rotatable bonds is 9. The molecule has 2 aromatic heterocycles. The number of halogens is 1. The van der Waals surface area contributed by atoms with Crippen LogP contribution in [0.1, 0.15) is 70.9 Å². The summed E-state index contributed by atoms with van der Waals surface area (Å²) in [5.41, 5.74) is 2.80. The van der Waals surface area contributed by atoms with Gasteiger partial charge in [0.2, 0.25) is 5.91 Å². The van der Waals surface area contributed by atoms with Crippen molar-refractivity contribution >= 4 is 46.1 Å². The Kier molecular flexibility index (Phi) is 8.80. The van der Waals surface area contributed by atoms with Gasteiger partial charge in [-0.2, -0.15) is 5.26 Å². The Morgan fingerprint density at radius 2 is 1.92 bits per heavy atom. The molecule has 37 heavy (non-hydrogen) atoms. The molecule has 192 valence electrons. The molecule has 1 saturated carbocycles. The average molecular weight is 536 g/mol. The van der Waals surface area contributed by atoms with Crippen molar-refractivity contribution in [3.8, 4) is 6.07 Å². The van der Waals surface area contributed by atoms with Crippen molar-refractivity contribution in [2.45, 2.75) is 58.0 Å². The van der Waals surface area contributed by atoms with Gasteiger partial charge in [-0.05, 0) is 68.7 Å². The highest BCUT2D eigenvalue weighted by molar-refractivity contribution is 7.14. The van der Waals surface area contributed by atoms with Crippen molar-refractivity contribution in [1.82, 2.24) is 10.3 Å². The van der Waals surface area contributed by atoms with E-state index in [2.05, 4.69) is 27.0 Å². The van der Waals surface area contributed by atoms with Crippen LogP contribution in [0.5, 0.6) is 0 Å². The average Bonchev–Trinajstić information content (AvgIpc) is 3.59. The summed E-state index contributed by atoms with van der Waals surface area (Å²) in [5.74, 6) is -0.0996. The zero-order chi connectivity index (χ0) is 26.4. The van der Waals surface area contributed by atoms with Gasteiger partial charge >= 0.3 is 0 Å². The molecule has 0 saturated heterocycles. The number of pyridine rings is 1. The van der Waals surface area contributed by atoms with E-state index in [4.69, 9.17) is 16.9 Å². The maximum Gasteiger partial charge on any atom is 0.262 e. The van der Waals surface area contributed by atoms with Crippen LogP contribution in [0.25, 0.3) is 0 Å². The summed E-state index contributed by atoms with van der Waals surface area (Å²) in [4.78, 5) is 32.2. The molecule has 0 spiro atoms. The van der Waals surface area contributed by atoms with Gasteiger partial charge in [0, 0.05) is 16.8 Å². The van der Waals surface area contributed by atoms with Gasteiger partial charge in [0.1, 0.15) is 6.04 Å². The van der Waals surface area contributed by atoms with E-state index in [1.165, 1.54) is 11.3 Å². The zero-order valence-electron chi connectivity index (χ0n) is 20.9. The van der Waals surface area contributed by atoms with Gasteiger partial charge in [0.25, 0.3) is 5.91 Å². The third-order valence-corrected chi connectivity index (χ3v) is 8.12. The standard InChI is InChI=1S/C28H30ClN5O2S/c1-17-23(14-21(29)16-31-17)32-18(2)25-11-12-26(37-25)28(36)34-24(13-19-5-3-4-6-19)27(35)33-22-9-7-20(15-30)8-10-22/h7-12,14,16,18-19,24,32H,3-6,13H2,1-2H3,(H,33,35)(H,34,36)/t18-,24-/m0/s1. The summed E-state index contributed by atoms with van der Waals surface area (Å²) < 4.78 is 0. The Morgan fingerprint density at radius 1 is 1.19 bits per heavy atom. The molecule has 9 heteroatoms. The molecule has 2 heterocycles. The Bertz CT molecular complexity index is 1290. The minimum atomic E-state index is -0.646. The monoisotopic (exact) mass is 535 g/mol. The topological polar surface area (TPSA) is 107 Å². The van der Waals surface area contributed by atoms with E-state index >= 15 is 0 Å². The van der Waals surface area contributed by atoms with E-state index in [9.17, 15) is 9.59 Å². The molecule has 1 aliphatic carbocycles. The molecule has 2 amide bonds. The minimum absolute atomic E-state index is 0.0560. The number of nitrogens with one attached hydrogen (secondary N) is 3. The third-order valence-electron chi connectivity index (χ3n) is 6.65. The summed E-state index contributed by atoms with van der Waals surface area (Å²) >= 11 is 7.49. The number of hydrogen-bond acceptors (Lipinski definition) is 6. The van der Waals surface area contributed by atoms with Gasteiger partial charge in [-0.1, -0.05) is 37.3 Å². The largest absolute Gasteiger partial charge is 0.376 e. The molecule has 1 fully saturated rings. The Balaban J connectivity index is 1.43. The lowest BCUT2D eigenvalue weighted by molar-refractivity contribution is -0.118. The second kappa shape index (κ2) is 12.2. The predicted molar refractivity (Wildman–Crippen MR) is 148 cm³/mol. The molecular formula is C28H30ClN5O2S. The van der Waals surface area contributed by atoms with Crippen LogP contribution in [-0.2, 0) is 4.79 Å². The third kappa shape index (κ3) is 7.09. The normalized spacial score (nSPS) is 15.0. The molecule has 7 nitrogen and oxygen atoms in total. The van der Waals surface area contributed by atoms with E-state index in [0.717, 1.165) is 41.9 Å². The van der Waals surface area contributed by atoms with Crippen LogP contribution in [0.3, 0.4) is 0 Å². The maximum atomic E-state index is 13.2. The number of carbonyl (C=O) groups is 2. The number of nitriles is 1. The summed E-state index contributed by atoms with van der Waals surface area (Å²) in [6.45, 7) is 3.92. The van der Waals surface area contributed by atoms with Gasteiger partial charge in [-0.3, -0.25) is 14.6 Å². The van der Waals surface area contributed by atoms with E-state index in [0.29, 0.717) is 33.5 Å². The number of thiophene rings is 1. The van der Waals surface area contributed by atoms with E-state index in [-0.39, 0.29) is 17.9 Å². The summed E-state index contributed by atoms with van der Waals surface area (Å²) in [6, 6.07) is 13.6. The SMILES string of the molecule is Cc1ncc(Cl)cc1N[C@@H](C)c1ccc(C(=O)N[C@@H](CC2CCCC2)C(=O)Nc2ccc(C#N)cc2)s1. The van der Waals surface area contributed by atoms with Crippen molar-refractivity contribution in [1.29, 1.82) is 5.26 Å². The number of nitrogens with zero attached hydrogens (tertiary/aromatic N) is 2. The highest BCUT2D eigenvalue weighted by Gasteiger charge is 2.28. The van der Waals surface area contributed by atoms with E-state index in [1.54, 1.807) is 36.5 Å². The van der Waals surface area contributed by atoms with Crippen molar-refractivity contribution in [2.24, 2.45) is 5.92 Å². The molecule has 1 aromatic carbocycles. The lowest BCUT2D eigenvalue weighted by Gasteiger charge is -2.21. The Hall–Kier alpha value is -3.41. The summed E-state index contributed by atoms with van der Waals surface area (Å²) in [6.07, 6.45) is 6.67. The van der Waals surface area contributed by atoms with Crippen LogP contribution in [0.15, 0.2) is 48.7 Å². The van der Waals surface area contributed by atoms with Crippen LogP contribution in [-0.4, -0.2) is 22.8 Å². The van der Waals surface area contributed by atoms with Crippen molar-refractivity contribution in [3.05, 3.63) is 74.7 Å². The van der Waals surface area contributed by atoms with E-state index in [1.807, 2.05) is 26.0 Å². The van der Waals surface area contributed by atoms with Gasteiger partial charge in [-0.25, -0.2) is 0 Å². The fraction of sp³-hybridized carbons (Fsp3) is 0.357. The number of carbonyl (C=O) groups excluding carboxylic acids is 2. The first-order valence-corrected chi connectivity index (χ1v) is 13.6. The molecule has 0 bridgehead atoms. The summed E-state index contributed by atoms with van der Waals surface area (Å²) in [7, 11) is 0. The lowest BCUT2D eigenvalue weighted by atomic mass is 9.97. The van der Waals surface area contributed by atoms with Gasteiger partial charge in [0.05, 0.1) is 39.0 Å². The van der Waals surface area contributed by atoms with Crippen LogP contribution in [0, 0.1) is 24.2 Å². The van der Waals surface area contributed by atoms with Crippen molar-refractivity contribution < 1.29 is 9.59 Å². The highest BCUT2D eigenvalue weighted by Crippen LogP contribution is 2.30. The first kappa shape index (κ1) is 26.6. The fourth-order valence-electron chi connectivity index (χ4n) is 4.56. The molecule has 1 aliphatic rings. The first-order valence-electron chi connectivity index (χ1n) is 12.4. The molecular weight excluding hydrogens is 506 g/mol. The van der Waals surface area contributed by atoms with Crippen molar-refractivity contribution in [2.75, 3.05) is 10.6 Å². The number of aryl methyl sites for hydroxylation is 1. The number of hydrogen-bond donors (Lipinski definition) is 3. The molecule has 3 N–H and O–H groups in total. The molecule has 4 rings (SSSR count). The number of benzene rings is 1. The Labute approximate surface area is 226 Å². The molecule has 2 atom stereocenters. The second-order valence-electron chi connectivity index (χ2n) is 9.45. The molecule has 3 aromatic rings.